The molecule has 0 saturated carbocycles. The zero-order valence-electron chi connectivity index (χ0n) is 12.0. The maximum atomic E-state index is 5.72. The molecule has 0 amide bonds. The highest BCUT2D eigenvalue weighted by Gasteiger charge is 2.14. The van der Waals surface area contributed by atoms with Gasteiger partial charge in [-0.3, -0.25) is 0 Å². The zero-order valence-corrected chi connectivity index (χ0v) is 12.0. The number of aromatic nitrogens is 4. The molecule has 0 bridgehead atoms. The van der Waals surface area contributed by atoms with Gasteiger partial charge in [0, 0.05) is 11.8 Å². The first-order chi connectivity index (χ1) is 10.2. The molecule has 0 aliphatic heterocycles. The summed E-state index contributed by atoms with van der Waals surface area (Å²) in [4.78, 5) is 8.47. The van der Waals surface area contributed by atoms with Crippen LogP contribution in [0.2, 0.25) is 0 Å². The van der Waals surface area contributed by atoms with Crippen molar-refractivity contribution < 1.29 is 9.15 Å². The van der Waals surface area contributed by atoms with Gasteiger partial charge in [-0.2, -0.15) is 0 Å². The summed E-state index contributed by atoms with van der Waals surface area (Å²) >= 11 is 0. The largest absolute Gasteiger partial charge is 0.497 e. The summed E-state index contributed by atoms with van der Waals surface area (Å²) in [5.74, 6) is 2.29. The molecule has 106 valence electrons. The molecular weight excluding hydrogens is 268 g/mol. The fraction of sp³-hybridized carbons (Fsp3) is 0.200. The van der Waals surface area contributed by atoms with E-state index in [-0.39, 0.29) is 0 Å². The van der Waals surface area contributed by atoms with Crippen molar-refractivity contribution in [2.24, 2.45) is 0 Å². The standard InChI is InChI=1S/C15H14N4O2/c1-9-13(8-16-10(2)17-9)15-19-18-14(21-15)11-5-4-6-12(7-11)20-3/h4-8H,1-3H3. The molecule has 0 aliphatic carbocycles. The van der Waals surface area contributed by atoms with E-state index in [0.717, 1.165) is 22.6 Å². The SMILES string of the molecule is COc1cccc(-c2nnc(-c3cnc(C)nc3C)o2)c1. The van der Waals surface area contributed by atoms with E-state index in [1.54, 1.807) is 13.3 Å². The Morgan fingerprint density at radius 3 is 2.67 bits per heavy atom. The van der Waals surface area contributed by atoms with Crippen LogP contribution in [0.1, 0.15) is 11.5 Å². The van der Waals surface area contributed by atoms with Crippen LogP contribution in [0.15, 0.2) is 34.9 Å². The third kappa shape index (κ3) is 2.60. The van der Waals surface area contributed by atoms with E-state index >= 15 is 0 Å². The van der Waals surface area contributed by atoms with Gasteiger partial charge in [-0.05, 0) is 32.0 Å². The Morgan fingerprint density at radius 1 is 1.10 bits per heavy atom. The molecule has 0 radical (unpaired) electrons. The molecule has 2 aromatic heterocycles. The summed E-state index contributed by atoms with van der Waals surface area (Å²) in [7, 11) is 1.62. The Morgan fingerprint density at radius 2 is 1.90 bits per heavy atom. The first kappa shape index (κ1) is 13.2. The third-order valence-electron chi connectivity index (χ3n) is 3.07. The summed E-state index contributed by atoms with van der Waals surface area (Å²) in [5.41, 5.74) is 2.35. The van der Waals surface area contributed by atoms with Crippen molar-refractivity contribution in [1.82, 2.24) is 20.2 Å². The second kappa shape index (κ2) is 5.32. The van der Waals surface area contributed by atoms with Crippen LogP contribution >= 0.6 is 0 Å². The van der Waals surface area contributed by atoms with Crippen LogP contribution in [-0.2, 0) is 0 Å². The maximum Gasteiger partial charge on any atom is 0.251 e. The molecule has 6 heteroatoms. The molecule has 0 N–H and O–H groups in total. The fourth-order valence-corrected chi connectivity index (χ4v) is 2.00. The molecule has 0 aliphatic rings. The number of aryl methyl sites for hydroxylation is 2. The Labute approximate surface area is 121 Å². The molecular formula is C15H14N4O2. The van der Waals surface area contributed by atoms with Crippen LogP contribution < -0.4 is 4.74 Å². The topological polar surface area (TPSA) is 73.9 Å². The molecule has 0 unspecified atom stereocenters. The molecule has 0 spiro atoms. The Bertz CT molecular complexity index is 783. The predicted octanol–water partition coefficient (Wildman–Crippen LogP) is 2.82. The average molecular weight is 282 g/mol. The van der Waals surface area contributed by atoms with Gasteiger partial charge in [-0.15, -0.1) is 10.2 Å². The molecule has 6 nitrogen and oxygen atoms in total. The second-order valence-electron chi connectivity index (χ2n) is 4.56. The quantitative estimate of drug-likeness (QED) is 0.735. The molecule has 0 atom stereocenters. The number of nitrogens with zero attached hydrogens (tertiary/aromatic N) is 4. The van der Waals surface area contributed by atoms with E-state index in [1.807, 2.05) is 38.1 Å². The average Bonchev–Trinajstić information content (AvgIpc) is 2.97. The minimum absolute atomic E-state index is 0.408. The van der Waals surface area contributed by atoms with Crippen LogP contribution in [0.25, 0.3) is 22.9 Å². The molecule has 2 heterocycles. The number of ether oxygens (including phenoxy) is 1. The van der Waals surface area contributed by atoms with Gasteiger partial charge in [0.2, 0.25) is 5.89 Å². The van der Waals surface area contributed by atoms with Crippen molar-refractivity contribution in [2.75, 3.05) is 7.11 Å². The smallest absolute Gasteiger partial charge is 0.251 e. The second-order valence-corrected chi connectivity index (χ2v) is 4.56. The molecule has 0 saturated heterocycles. The van der Waals surface area contributed by atoms with Gasteiger partial charge >= 0.3 is 0 Å². The summed E-state index contributed by atoms with van der Waals surface area (Å²) < 4.78 is 10.9. The van der Waals surface area contributed by atoms with E-state index in [9.17, 15) is 0 Å². The van der Waals surface area contributed by atoms with E-state index in [0.29, 0.717) is 17.6 Å². The number of hydrogen-bond donors (Lipinski definition) is 0. The monoisotopic (exact) mass is 282 g/mol. The van der Waals surface area contributed by atoms with E-state index in [2.05, 4.69) is 20.2 Å². The fourth-order valence-electron chi connectivity index (χ4n) is 2.00. The first-order valence-electron chi connectivity index (χ1n) is 6.46. The van der Waals surface area contributed by atoms with E-state index in [1.165, 1.54) is 0 Å². The van der Waals surface area contributed by atoms with Crippen molar-refractivity contribution in [3.05, 3.63) is 42.0 Å². The van der Waals surface area contributed by atoms with Crippen LogP contribution in [0.4, 0.5) is 0 Å². The lowest BCUT2D eigenvalue weighted by Gasteiger charge is -2.01. The van der Waals surface area contributed by atoms with Gasteiger partial charge in [0.1, 0.15) is 11.6 Å². The zero-order chi connectivity index (χ0) is 14.8. The first-order valence-corrected chi connectivity index (χ1v) is 6.46. The van der Waals surface area contributed by atoms with Crippen LogP contribution in [0.5, 0.6) is 5.75 Å². The highest BCUT2D eigenvalue weighted by atomic mass is 16.5. The maximum absolute atomic E-state index is 5.72. The number of methoxy groups -OCH3 is 1. The summed E-state index contributed by atoms with van der Waals surface area (Å²) in [6, 6.07) is 7.46. The Hall–Kier alpha value is -2.76. The molecule has 1 aromatic carbocycles. The summed E-state index contributed by atoms with van der Waals surface area (Å²) in [6.45, 7) is 3.73. The molecule has 3 rings (SSSR count). The summed E-state index contributed by atoms with van der Waals surface area (Å²) in [5, 5.41) is 8.15. The summed E-state index contributed by atoms with van der Waals surface area (Å²) in [6.07, 6.45) is 1.69. The lowest BCUT2D eigenvalue weighted by molar-refractivity contribution is 0.415. The van der Waals surface area contributed by atoms with Gasteiger partial charge in [0.25, 0.3) is 5.89 Å². The number of hydrogen-bond acceptors (Lipinski definition) is 6. The molecule has 21 heavy (non-hydrogen) atoms. The lowest BCUT2D eigenvalue weighted by atomic mass is 10.2. The van der Waals surface area contributed by atoms with Gasteiger partial charge in [0.05, 0.1) is 18.4 Å². The van der Waals surface area contributed by atoms with E-state index in [4.69, 9.17) is 9.15 Å². The van der Waals surface area contributed by atoms with E-state index < -0.39 is 0 Å². The number of benzene rings is 1. The van der Waals surface area contributed by atoms with Gasteiger partial charge < -0.3 is 9.15 Å². The van der Waals surface area contributed by atoms with Crippen molar-refractivity contribution in [3.63, 3.8) is 0 Å². The van der Waals surface area contributed by atoms with Gasteiger partial charge in [0.15, 0.2) is 0 Å². The molecule has 0 fully saturated rings. The van der Waals surface area contributed by atoms with Gasteiger partial charge in [-0.25, -0.2) is 9.97 Å². The van der Waals surface area contributed by atoms with Crippen molar-refractivity contribution in [1.29, 1.82) is 0 Å². The van der Waals surface area contributed by atoms with Crippen LogP contribution in [0, 0.1) is 13.8 Å². The minimum atomic E-state index is 0.408. The van der Waals surface area contributed by atoms with Crippen molar-refractivity contribution >= 4 is 0 Å². The highest BCUT2D eigenvalue weighted by molar-refractivity contribution is 5.59. The predicted molar refractivity (Wildman–Crippen MR) is 76.8 cm³/mol. The minimum Gasteiger partial charge on any atom is -0.497 e. The van der Waals surface area contributed by atoms with Crippen molar-refractivity contribution in [3.8, 4) is 28.7 Å². The lowest BCUT2D eigenvalue weighted by Crippen LogP contribution is -1.93. The number of rotatable bonds is 3. The van der Waals surface area contributed by atoms with Crippen LogP contribution in [0.3, 0.4) is 0 Å². The Balaban J connectivity index is 1.99. The Kier molecular flexibility index (Phi) is 3.35. The van der Waals surface area contributed by atoms with Gasteiger partial charge in [-0.1, -0.05) is 6.07 Å². The highest BCUT2D eigenvalue weighted by Crippen LogP contribution is 2.26. The molecule has 3 aromatic rings. The normalized spacial score (nSPS) is 10.6. The van der Waals surface area contributed by atoms with Crippen LogP contribution in [-0.4, -0.2) is 27.3 Å². The van der Waals surface area contributed by atoms with Crippen molar-refractivity contribution in [2.45, 2.75) is 13.8 Å². The third-order valence-corrected chi connectivity index (χ3v) is 3.07.